The summed E-state index contributed by atoms with van der Waals surface area (Å²) in [6, 6.07) is 65.5. The highest BCUT2D eigenvalue weighted by Crippen LogP contribution is 2.44. The van der Waals surface area contributed by atoms with Gasteiger partial charge in [-0.25, -0.2) is 15.0 Å². The number of hydrogen-bond donors (Lipinski definition) is 0. The van der Waals surface area contributed by atoms with E-state index in [1.165, 1.54) is 15.5 Å². The van der Waals surface area contributed by atoms with Crippen LogP contribution in [0.15, 0.2) is 188 Å². The van der Waals surface area contributed by atoms with Crippen molar-refractivity contribution < 1.29 is 0 Å². The average Bonchev–Trinajstić information content (AvgIpc) is 3.99. The minimum Gasteiger partial charge on any atom is -0.278 e. The van der Waals surface area contributed by atoms with Gasteiger partial charge in [-0.2, -0.15) is 9.97 Å². The summed E-state index contributed by atoms with van der Waals surface area (Å²) in [4.78, 5) is 26.6. The minimum absolute atomic E-state index is 0.546. The van der Waals surface area contributed by atoms with E-state index in [4.69, 9.17) is 24.9 Å². The molecule has 8 heteroatoms. The lowest BCUT2D eigenvalue weighted by atomic mass is 10.0. The van der Waals surface area contributed by atoms with Crippen molar-refractivity contribution in [2.24, 2.45) is 0 Å². The van der Waals surface area contributed by atoms with Crippen molar-refractivity contribution in [3.63, 3.8) is 0 Å². The van der Waals surface area contributed by atoms with Crippen LogP contribution in [0.5, 0.6) is 0 Å². The van der Waals surface area contributed by atoms with Gasteiger partial charge in [0.1, 0.15) is 0 Å². The number of benzene rings is 8. The Bertz CT molecular complexity index is 3830. The van der Waals surface area contributed by atoms with Crippen LogP contribution in [-0.2, 0) is 0 Å². The maximum atomic E-state index is 5.53. The van der Waals surface area contributed by atoms with E-state index in [9.17, 15) is 0 Å². The van der Waals surface area contributed by atoms with E-state index >= 15 is 0 Å². The monoisotopic (exact) mass is 797 g/mol. The molecule has 0 N–H and O–H groups in total. The number of thiophene rings is 1. The standard InChI is InChI=1S/C53H31N7S/c1-3-16-33(17-4-1)50-56-51(34-18-5-2-6-19-34)58-53(57-50)60-41-24-12-9-21-37(41)38-29-30-43-45(48(38)60)39-22-10-13-25-42(39)59(43)52-54-46(36-28-27-32-15-7-8-20-35(32)31-36)49-47(55-52)40-23-11-14-26-44(40)61-49/h1-31H. The normalized spacial score (nSPS) is 11.9. The van der Waals surface area contributed by atoms with Crippen molar-refractivity contribution in [1.82, 2.24) is 34.1 Å². The number of aromatic nitrogens is 7. The highest BCUT2D eigenvalue weighted by Gasteiger charge is 2.25. The molecular formula is C53H31N7S. The van der Waals surface area contributed by atoms with Crippen molar-refractivity contribution in [2.75, 3.05) is 0 Å². The molecule has 0 aliphatic rings. The molecule has 13 aromatic rings. The lowest BCUT2D eigenvalue weighted by molar-refractivity contribution is 0.955. The predicted octanol–water partition coefficient (Wildman–Crippen LogP) is 13.4. The van der Waals surface area contributed by atoms with Gasteiger partial charge in [0.05, 0.1) is 38.0 Å². The van der Waals surface area contributed by atoms with E-state index < -0.39 is 0 Å². The molecule has 0 saturated carbocycles. The Hall–Kier alpha value is -8.07. The second kappa shape index (κ2) is 13.2. The summed E-state index contributed by atoms with van der Waals surface area (Å²) in [7, 11) is 0. The first-order valence-corrected chi connectivity index (χ1v) is 21.1. The largest absolute Gasteiger partial charge is 0.278 e. The highest BCUT2D eigenvalue weighted by molar-refractivity contribution is 7.26. The summed E-state index contributed by atoms with van der Waals surface area (Å²) in [5, 5.41) is 7.85. The number of fused-ring (bicyclic) bond motifs is 11. The minimum atomic E-state index is 0.546. The third-order valence-electron chi connectivity index (χ3n) is 11.8. The van der Waals surface area contributed by atoms with Gasteiger partial charge in [0, 0.05) is 48.3 Å². The van der Waals surface area contributed by atoms with Gasteiger partial charge in [-0.05, 0) is 41.1 Å². The summed E-state index contributed by atoms with van der Waals surface area (Å²) in [6.07, 6.45) is 0. The fourth-order valence-electron chi connectivity index (χ4n) is 9.04. The maximum Gasteiger partial charge on any atom is 0.238 e. The Labute approximate surface area is 352 Å². The van der Waals surface area contributed by atoms with Gasteiger partial charge in [-0.3, -0.25) is 9.13 Å². The molecule has 13 rings (SSSR count). The van der Waals surface area contributed by atoms with Gasteiger partial charge in [0.2, 0.25) is 11.9 Å². The molecule has 284 valence electrons. The summed E-state index contributed by atoms with van der Waals surface area (Å²) >= 11 is 1.75. The number of nitrogens with zero attached hydrogens (tertiary/aromatic N) is 7. The first-order valence-electron chi connectivity index (χ1n) is 20.3. The quantitative estimate of drug-likeness (QED) is 0.173. The molecule has 0 bridgehead atoms. The van der Waals surface area contributed by atoms with E-state index in [-0.39, 0.29) is 0 Å². The third kappa shape index (κ3) is 5.19. The first-order chi connectivity index (χ1) is 30.2. The maximum absolute atomic E-state index is 5.53. The van der Waals surface area contributed by atoms with Crippen LogP contribution in [0.25, 0.3) is 121 Å². The second-order valence-electron chi connectivity index (χ2n) is 15.3. The third-order valence-corrected chi connectivity index (χ3v) is 13.0. The van der Waals surface area contributed by atoms with Crippen LogP contribution in [0, 0.1) is 0 Å². The summed E-state index contributed by atoms with van der Waals surface area (Å²) in [5.74, 6) is 2.38. The molecule has 61 heavy (non-hydrogen) atoms. The topological polar surface area (TPSA) is 74.3 Å². The Morgan fingerprint density at radius 1 is 0.377 bits per heavy atom. The number of hydrogen-bond acceptors (Lipinski definition) is 6. The first kappa shape index (κ1) is 33.9. The molecule has 0 radical (unpaired) electrons. The lowest BCUT2D eigenvalue weighted by Crippen LogP contribution is -2.06. The van der Waals surface area contributed by atoms with Crippen LogP contribution in [0.3, 0.4) is 0 Å². The molecule has 0 aliphatic heterocycles. The summed E-state index contributed by atoms with van der Waals surface area (Å²) in [5.41, 5.74) is 8.77. The van der Waals surface area contributed by atoms with Gasteiger partial charge < -0.3 is 0 Å². The van der Waals surface area contributed by atoms with E-state index in [1.54, 1.807) is 11.3 Å². The Kier molecular flexibility index (Phi) is 7.34. The molecule has 0 spiro atoms. The molecule has 5 heterocycles. The van der Waals surface area contributed by atoms with Crippen molar-refractivity contribution in [2.45, 2.75) is 0 Å². The molecule has 0 unspecified atom stereocenters. The molecule has 8 aromatic carbocycles. The summed E-state index contributed by atoms with van der Waals surface area (Å²) < 4.78 is 6.71. The molecule has 5 aromatic heterocycles. The number of para-hydroxylation sites is 2. The Morgan fingerprint density at radius 2 is 0.984 bits per heavy atom. The second-order valence-corrected chi connectivity index (χ2v) is 16.3. The highest BCUT2D eigenvalue weighted by atomic mass is 32.1. The van der Waals surface area contributed by atoms with Crippen LogP contribution in [0.4, 0.5) is 0 Å². The zero-order chi connectivity index (χ0) is 40.0. The van der Waals surface area contributed by atoms with Gasteiger partial charge in [-0.1, -0.05) is 158 Å². The number of rotatable bonds is 5. The molecule has 0 aliphatic carbocycles. The molecule has 0 atom stereocenters. The van der Waals surface area contributed by atoms with Gasteiger partial charge in [0.25, 0.3) is 0 Å². The fourth-order valence-corrected chi connectivity index (χ4v) is 10.2. The van der Waals surface area contributed by atoms with Crippen LogP contribution < -0.4 is 0 Å². The van der Waals surface area contributed by atoms with E-state index in [0.717, 1.165) is 81.6 Å². The van der Waals surface area contributed by atoms with Crippen molar-refractivity contribution >= 4 is 86.0 Å². The van der Waals surface area contributed by atoms with Gasteiger partial charge in [-0.15, -0.1) is 11.3 Å². The molecular weight excluding hydrogens is 767 g/mol. The lowest BCUT2D eigenvalue weighted by Gasteiger charge is -2.12. The van der Waals surface area contributed by atoms with Crippen LogP contribution in [0.2, 0.25) is 0 Å². The molecule has 0 saturated heterocycles. The molecule has 0 fully saturated rings. The van der Waals surface area contributed by atoms with Crippen molar-refractivity contribution in [1.29, 1.82) is 0 Å². The average molecular weight is 798 g/mol. The van der Waals surface area contributed by atoms with Crippen LogP contribution in [0.1, 0.15) is 0 Å². The SMILES string of the molecule is c1ccc(-c2nc(-c3ccccc3)nc(-n3c4ccccc4c4ccc5c(c6ccccc6n5-c5nc(-c6ccc7ccccc7c6)c6sc7ccccc7c6n5)c43)n2)cc1. The van der Waals surface area contributed by atoms with E-state index in [2.05, 4.69) is 137 Å². The van der Waals surface area contributed by atoms with Crippen molar-refractivity contribution in [3.8, 4) is 45.9 Å². The molecule has 0 amide bonds. The van der Waals surface area contributed by atoms with Crippen molar-refractivity contribution in [3.05, 3.63) is 188 Å². The fraction of sp³-hybridized carbons (Fsp3) is 0. The predicted molar refractivity (Wildman–Crippen MR) is 251 cm³/mol. The van der Waals surface area contributed by atoms with Crippen LogP contribution >= 0.6 is 11.3 Å². The smallest absolute Gasteiger partial charge is 0.238 e. The molecule has 7 nitrogen and oxygen atoms in total. The Balaban J connectivity index is 1.14. The Morgan fingerprint density at radius 3 is 1.74 bits per heavy atom. The summed E-state index contributed by atoms with van der Waals surface area (Å²) in [6.45, 7) is 0. The van der Waals surface area contributed by atoms with Gasteiger partial charge >= 0.3 is 0 Å². The van der Waals surface area contributed by atoms with E-state index in [1.807, 2.05) is 60.7 Å². The zero-order valence-electron chi connectivity index (χ0n) is 32.4. The van der Waals surface area contributed by atoms with Crippen LogP contribution in [-0.4, -0.2) is 34.1 Å². The zero-order valence-corrected chi connectivity index (χ0v) is 33.3. The van der Waals surface area contributed by atoms with Gasteiger partial charge in [0.15, 0.2) is 11.6 Å². The van der Waals surface area contributed by atoms with E-state index in [0.29, 0.717) is 23.5 Å².